The summed E-state index contributed by atoms with van der Waals surface area (Å²) in [5.74, 6) is -0.825. The molecule has 0 spiro atoms. The molecule has 0 aromatic carbocycles. The van der Waals surface area contributed by atoms with Crippen LogP contribution < -0.4 is 0 Å². The lowest BCUT2D eigenvalue weighted by atomic mass is 9.62. The summed E-state index contributed by atoms with van der Waals surface area (Å²) in [7, 11) is 0. The molecule has 0 aromatic rings. The second kappa shape index (κ2) is 7.01. The predicted molar refractivity (Wildman–Crippen MR) is 102 cm³/mol. The zero-order valence-corrected chi connectivity index (χ0v) is 17.7. The molecule has 4 atom stereocenters. The van der Waals surface area contributed by atoms with Crippen molar-refractivity contribution in [3.63, 3.8) is 0 Å². The van der Waals surface area contributed by atoms with Crippen LogP contribution in [0.5, 0.6) is 0 Å². The van der Waals surface area contributed by atoms with E-state index in [4.69, 9.17) is 9.47 Å². The Kier molecular flexibility index (Phi) is 5.66. The highest BCUT2D eigenvalue weighted by Crippen LogP contribution is 2.60. The number of hydrogen-bond acceptors (Lipinski definition) is 4. The fraction of sp³-hybridized carbons (Fsp3) is 0.818. The largest absolute Gasteiger partial charge is 0.465 e. The van der Waals surface area contributed by atoms with Gasteiger partial charge in [0, 0.05) is 0 Å². The van der Waals surface area contributed by atoms with E-state index in [-0.39, 0.29) is 40.5 Å². The van der Waals surface area contributed by atoms with E-state index in [0.717, 1.165) is 6.42 Å². The second-order valence-electron chi connectivity index (χ2n) is 10.8. The molecule has 0 radical (unpaired) electrons. The fourth-order valence-corrected chi connectivity index (χ4v) is 4.37. The molecule has 0 saturated heterocycles. The standard InChI is InChI=1S/C22H36O4/c1-14(2)22(19(24)26-13-21(6,7)8)16-10-9-15(11-16)17(22)18(23)25-12-20(3,4)5/h9-10,14-17H,11-13H2,1-8H3. The van der Waals surface area contributed by atoms with Crippen molar-refractivity contribution >= 4 is 11.9 Å². The van der Waals surface area contributed by atoms with Crippen LogP contribution in [0.1, 0.15) is 61.8 Å². The van der Waals surface area contributed by atoms with Gasteiger partial charge in [-0.15, -0.1) is 0 Å². The lowest BCUT2D eigenvalue weighted by Gasteiger charge is -2.42. The topological polar surface area (TPSA) is 52.6 Å². The average Bonchev–Trinajstić information content (AvgIpc) is 3.08. The van der Waals surface area contributed by atoms with Crippen LogP contribution in [-0.4, -0.2) is 25.2 Å². The third-order valence-electron chi connectivity index (χ3n) is 5.52. The zero-order chi connectivity index (χ0) is 19.9. The number of carbonyl (C=O) groups is 2. The number of hydrogen-bond donors (Lipinski definition) is 0. The van der Waals surface area contributed by atoms with Gasteiger partial charge in [-0.2, -0.15) is 0 Å². The van der Waals surface area contributed by atoms with Crippen molar-refractivity contribution in [1.82, 2.24) is 0 Å². The van der Waals surface area contributed by atoms with E-state index in [9.17, 15) is 9.59 Å². The van der Waals surface area contributed by atoms with Crippen LogP contribution in [0, 0.1) is 39.9 Å². The third-order valence-corrected chi connectivity index (χ3v) is 5.52. The van der Waals surface area contributed by atoms with Gasteiger partial charge >= 0.3 is 11.9 Å². The highest BCUT2D eigenvalue weighted by Gasteiger charge is 2.66. The maximum absolute atomic E-state index is 13.3. The molecule has 2 rings (SSSR count). The minimum Gasteiger partial charge on any atom is -0.465 e. The molecule has 4 nitrogen and oxygen atoms in total. The number of esters is 2. The molecule has 0 N–H and O–H groups in total. The Balaban J connectivity index is 2.30. The van der Waals surface area contributed by atoms with Crippen molar-refractivity contribution in [3.05, 3.63) is 12.2 Å². The maximum Gasteiger partial charge on any atom is 0.313 e. The first kappa shape index (κ1) is 21.0. The Labute approximate surface area is 158 Å². The lowest BCUT2D eigenvalue weighted by Crippen LogP contribution is -2.51. The van der Waals surface area contributed by atoms with Crippen LogP contribution in [0.3, 0.4) is 0 Å². The van der Waals surface area contributed by atoms with Crippen LogP contribution in [0.15, 0.2) is 12.2 Å². The molecule has 2 bridgehead atoms. The van der Waals surface area contributed by atoms with Gasteiger partial charge in [0.05, 0.1) is 24.5 Å². The van der Waals surface area contributed by atoms with Crippen molar-refractivity contribution in [2.45, 2.75) is 61.8 Å². The van der Waals surface area contributed by atoms with Gasteiger partial charge in [0.25, 0.3) is 0 Å². The van der Waals surface area contributed by atoms with Crippen molar-refractivity contribution < 1.29 is 19.1 Å². The van der Waals surface area contributed by atoms with Crippen molar-refractivity contribution in [2.24, 2.45) is 39.9 Å². The molecule has 26 heavy (non-hydrogen) atoms. The Morgan fingerprint density at radius 1 is 1.00 bits per heavy atom. The van der Waals surface area contributed by atoms with Crippen molar-refractivity contribution in [3.8, 4) is 0 Å². The second-order valence-corrected chi connectivity index (χ2v) is 10.8. The molecule has 2 aliphatic rings. The Bertz CT molecular complexity index is 576. The molecule has 2 aliphatic carbocycles. The number of rotatable bonds is 5. The lowest BCUT2D eigenvalue weighted by molar-refractivity contribution is -0.178. The van der Waals surface area contributed by atoms with Gasteiger partial charge in [-0.25, -0.2) is 0 Å². The number of allylic oxidation sites excluding steroid dienone is 2. The van der Waals surface area contributed by atoms with Crippen molar-refractivity contribution in [1.29, 1.82) is 0 Å². The molecule has 148 valence electrons. The summed E-state index contributed by atoms with van der Waals surface area (Å²) in [5, 5.41) is 0. The van der Waals surface area contributed by atoms with Gasteiger partial charge in [0.15, 0.2) is 0 Å². The van der Waals surface area contributed by atoms with E-state index in [2.05, 4.69) is 12.2 Å². The molecular formula is C22H36O4. The van der Waals surface area contributed by atoms with Gasteiger partial charge in [-0.3, -0.25) is 9.59 Å². The molecule has 4 heteroatoms. The average molecular weight is 365 g/mol. The highest BCUT2D eigenvalue weighted by molar-refractivity contribution is 5.88. The summed E-state index contributed by atoms with van der Waals surface area (Å²) in [5.41, 5.74) is -1.03. The zero-order valence-electron chi connectivity index (χ0n) is 17.7. The van der Waals surface area contributed by atoms with E-state index in [1.54, 1.807) is 0 Å². The summed E-state index contributed by atoms with van der Waals surface area (Å²) in [4.78, 5) is 26.3. The van der Waals surface area contributed by atoms with Gasteiger partial charge in [-0.05, 0) is 35.0 Å². The fourth-order valence-electron chi connectivity index (χ4n) is 4.37. The smallest absolute Gasteiger partial charge is 0.313 e. The number of carbonyl (C=O) groups excluding carboxylic acids is 2. The summed E-state index contributed by atoms with van der Waals surface area (Å²) in [6.45, 7) is 17.0. The monoisotopic (exact) mass is 364 g/mol. The minimum atomic E-state index is -0.820. The molecule has 0 amide bonds. The molecule has 1 saturated carbocycles. The molecular weight excluding hydrogens is 328 g/mol. The third kappa shape index (κ3) is 3.99. The van der Waals surface area contributed by atoms with Crippen LogP contribution in [0.25, 0.3) is 0 Å². The Hall–Kier alpha value is -1.32. The Morgan fingerprint density at radius 2 is 1.54 bits per heavy atom. The number of fused-ring (bicyclic) bond motifs is 2. The molecule has 0 aliphatic heterocycles. The van der Waals surface area contributed by atoms with E-state index >= 15 is 0 Å². The van der Waals surface area contributed by atoms with E-state index in [1.165, 1.54) is 0 Å². The summed E-state index contributed by atoms with van der Waals surface area (Å²) < 4.78 is 11.4. The van der Waals surface area contributed by atoms with Crippen molar-refractivity contribution in [2.75, 3.05) is 13.2 Å². The van der Waals surface area contributed by atoms with Crippen LogP contribution >= 0.6 is 0 Å². The van der Waals surface area contributed by atoms with E-state index in [0.29, 0.717) is 13.2 Å². The quantitative estimate of drug-likeness (QED) is 0.527. The van der Waals surface area contributed by atoms with E-state index in [1.807, 2.05) is 55.4 Å². The first-order valence-corrected chi connectivity index (χ1v) is 9.81. The molecule has 1 fully saturated rings. The number of ether oxygens (including phenoxy) is 2. The van der Waals surface area contributed by atoms with E-state index < -0.39 is 11.3 Å². The minimum absolute atomic E-state index is 0.00195. The molecule has 4 unspecified atom stereocenters. The normalized spacial score (nSPS) is 30.7. The van der Waals surface area contributed by atoms with Crippen LogP contribution in [0.4, 0.5) is 0 Å². The van der Waals surface area contributed by atoms with Gasteiger partial charge in [-0.1, -0.05) is 67.5 Å². The Morgan fingerprint density at radius 3 is 2.04 bits per heavy atom. The first-order valence-electron chi connectivity index (χ1n) is 9.81. The summed E-state index contributed by atoms with van der Waals surface area (Å²) in [6, 6.07) is 0. The van der Waals surface area contributed by atoms with Gasteiger partial charge in [0.2, 0.25) is 0 Å². The summed E-state index contributed by atoms with van der Waals surface area (Å²) >= 11 is 0. The molecule has 0 heterocycles. The SMILES string of the molecule is CC(C)C1(C(=O)OCC(C)(C)C)C2C=CC(C2)C1C(=O)OCC(C)(C)C. The van der Waals surface area contributed by atoms with Gasteiger partial charge < -0.3 is 9.47 Å². The van der Waals surface area contributed by atoms with Gasteiger partial charge in [0.1, 0.15) is 0 Å². The highest BCUT2D eigenvalue weighted by atomic mass is 16.5. The first-order chi connectivity index (χ1) is 11.8. The summed E-state index contributed by atoms with van der Waals surface area (Å²) in [6.07, 6.45) is 5.03. The van der Waals surface area contributed by atoms with Crippen LogP contribution in [0.2, 0.25) is 0 Å². The predicted octanol–water partition coefficient (Wildman–Crippen LogP) is 4.63. The maximum atomic E-state index is 13.3. The molecule has 0 aromatic heterocycles. The van der Waals surface area contributed by atoms with Crippen LogP contribution in [-0.2, 0) is 19.1 Å².